The second-order valence-corrected chi connectivity index (χ2v) is 4.81. The molecule has 0 saturated carbocycles. The van der Waals surface area contributed by atoms with Crippen molar-refractivity contribution in [3.8, 4) is 0 Å². The number of aliphatic hydroxyl groups is 1. The lowest BCUT2D eigenvalue weighted by molar-refractivity contribution is 0.0169. The van der Waals surface area contributed by atoms with Gasteiger partial charge in [-0.2, -0.15) is 5.10 Å². The summed E-state index contributed by atoms with van der Waals surface area (Å²) >= 11 is 0. The second-order valence-electron chi connectivity index (χ2n) is 4.81. The first-order chi connectivity index (χ1) is 10.3. The van der Waals surface area contributed by atoms with Gasteiger partial charge in [0, 0.05) is 19.3 Å². The lowest BCUT2D eigenvalue weighted by Gasteiger charge is -2.16. The van der Waals surface area contributed by atoms with Crippen LogP contribution in [0.1, 0.15) is 23.2 Å². The Labute approximate surface area is 121 Å². The fraction of sp³-hybridized carbons (Fsp3) is 0.462. The maximum atomic E-state index is 12.0. The molecule has 0 radical (unpaired) electrons. The molecular weight excluding hydrogens is 274 g/mol. The average molecular weight is 291 g/mol. The first-order valence-corrected chi connectivity index (χ1v) is 6.92. The van der Waals surface area contributed by atoms with Gasteiger partial charge >= 0.3 is 0 Å². The van der Waals surface area contributed by atoms with E-state index in [2.05, 4.69) is 20.5 Å². The van der Waals surface area contributed by atoms with Gasteiger partial charge in [0.2, 0.25) is 0 Å². The Balaban J connectivity index is 1.85. The molecule has 1 fully saturated rings. The van der Waals surface area contributed by atoms with E-state index in [9.17, 15) is 4.79 Å². The number of anilines is 1. The third-order valence-corrected chi connectivity index (χ3v) is 3.39. The number of aliphatic hydroxyl groups excluding tert-OH is 1. The molecule has 2 aromatic rings. The number of hydrogen-bond acceptors (Lipinski definition) is 6. The molecular formula is C13H17N5O3. The molecule has 0 bridgehead atoms. The van der Waals surface area contributed by atoms with Crippen LogP contribution >= 0.6 is 0 Å². The van der Waals surface area contributed by atoms with Gasteiger partial charge in [0.25, 0.3) is 5.91 Å². The van der Waals surface area contributed by atoms with Crippen molar-refractivity contribution in [2.75, 3.05) is 31.2 Å². The number of nitrogens with one attached hydrogen (secondary N) is 1. The van der Waals surface area contributed by atoms with Crippen LogP contribution in [-0.2, 0) is 4.84 Å². The molecule has 0 atom stereocenters. The lowest BCUT2D eigenvalue weighted by Crippen LogP contribution is -2.25. The van der Waals surface area contributed by atoms with Gasteiger partial charge in [0.15, 0.2) is 5.65 Å². The van der Waals surface area contributed by atoms with Crippen molar-refractivity contribution in [2.45, 2.75) is 12.8 Å². The van der Waals surface area contributed by atoms with E-state index >= 15 is 0 Å². The highest BCUT2D eigenvalue weighted by atomic mass is 16.7. The largest absolute Gasteiger partial charge is 0.394 e. The maximum absolute atomic E-state index is 12.0. The third-order valence-electron chi connectivity index (χ3n) is 3.39. The van der Waals surface area contributed by atoms with E-state index in [1.165, 1.54) is 6.20 Å². The first-order valence-electron chi connectivity index (χ1n) is 6.92. The number of rotatable bonds is 5. The number of hydroxylamine groups is 1. The zero-order valence-corrected chi connectivity index (χ0v) is 11.5. The van der Waals surface area contributed by atoms with Crippen LogP contribution in [0.5, 0.6) is 0 Å². The van der Waals surface area contributed by atoms with E-state index < -0.39 is 5.91 Å². The summed E-state index contributed by atoms with van der Waals surface area (Å²) in [6.07, 6.45) is 5.57. The molecule has 8 heteroatoms. The number of carbonyl (C=O) groups is 1. The first kappa shape index (κ1) is 13.8. The predicted octanol–water partition coefficient (Wildman–Crippen LogP) is -0.0168. The summed E-state index contributed by atoms with van der Waals surface area (Å²) in [5, 5.41) is 12.7. The van der Waals surface area contributed by atoms with E-state index in [0.29, 0.717) is 11.2 Å². The fourth-order valence-corrected chi connectivity index (χ4v) is 2.36. The Morgan fingerprint density at radius 2 is 2.24 bits per heavy atom. The molecule has 1 aliphatic rings. The van der Waals surface area contributed by atoms with Crippen molar-refractivity contribution in [1.29, 1.82) is 0 Å². The summed E-state index contributed by atoms with van der Waals surface area (Å²) in [5.74, 6) is 0.426. The van der Waals surface area contributed by atoms with Crippen LogP contribution in [0.25, 0.3) is 5.65 Å². The summed E-state index contributed by atoms with van der Waals surface area (Å²) in [7, 11) is 0. The zero-order chi connectivity index (χ0) is 14.7. The summed E-state index contributed by atoms with van der Waals surface area (Å²) in [6.45, 7) is 1.85. The number of nitrogens with zero attached hydrogens (tertiary/aromatic N) is 4. The van der Waals surface area contributed by atoms with Gasteiger partial charge in [0.05, 0.1) is 19.4 Å². The molecule has 0 unspecified atom stereocenters. The molecule has 112 valence electrons. The maximum Gasteiger partial charge on any atom is 0.280 e. The quantitative estimate of drug-likeness (QED) is 0.594. The highest BCUT2D eigenvalue weighted by Crippen LogP contribution is 2.19. The Morgan fingerprint density at radius 1 is 1.43 bits per heavy atom. The zero-order valence-electron chi connectivity index (χ0n) is 11.5. The average Bonchev–Trinajstić information content (AvgIpc) is 3.16. The topological polar surface area (TPSA) is 92.0 Å². The van der Waals surface area contributed by atoms with Crippen molar-refractivity contribution in [3.05, 3.63) is 24.0 Å². The Bertz CT molecular complexity index is 636. The van der Waals surface area contributed by atoms with Crippen molar-refractivity contribution in [2.24, 2.45) is 0 Å². The molecule has 0 aromatic carbocycles. The van der Waals surface area contributed by atoms with Gasteiger partial charge < -0.3 is 10.0 Å². The molecule has 8 nitrogen and oxygen atoms in total. The van der Waals surface area contributed by atoms with Crippen molar-refractivity contribution < 1.29 is 14.7 Å². The minimum atomic E-state index is -0.426. The van der Waals surface area contributed by atoms with Crippen LogP contribution in [0.15, 0.2) is 18.5 Å². The minimum absolute atomic E-state index is 0.0391. The third kappa shape index (κ3) is 2.81. The van der Waals surface area contributed by atoms with E-state index in [-0.39, 0.29) is 13.2 Å². The predicted molar refractivity (Wildman–Crippen MR) is 74.9 cm³/mol. The number of fused-ring (bicyclic) bond motifs is 1. The molecule has 21 heavy (non-hydrogen) atoms. The molecule has 3 heterocycles. The van der Waals surface area contributed by atoms with Crippen LogP contribution in [-0.4, -0.2) is 51.9 Å². The number of carbonyl (C=O) groups excluding carboxylic acids is 1. The monoisotopic (exact) mass is 291 g/mol. The van der Waals surface area contributed by atoms with Crippen molar-refractivity contribution in [3.63, 3.8) is 0 Å². The number of aromatic nitrogens is 3. The molecule has 0 aliphatic carbocycles. The second kappa shape index (κ2) is 6.06. The van der Waals surface area contributed by atoms with E-state index in [1.807, 2.05) is 6.07 Å². The number of hydrogen-bond donors (Lipinski definition) is 2. The molecule has 1 saturated heterocycles. The van der Waals surface area contributed by atoms with Gasteiger partial charge in [-0.1, -0.05) is 0 Å². The van der Waals surface area contributed by atoms with E-state index in [4.69, 9.17) is 9.94 Å². The summed E-state index contributed by atoms with van der Waals surface area (Å²) in [4.78, 5) is 23.5. The standard InChI is InChI=1S/C13H17N5O3/c19-7-8-21-16-13(20)10-9-14-18-6-3-11(15-12(10)18)17-4-1-2-5-17/h3,6,9,19H,1-2,4-5,7-8H2,(H,16,20). The highest BCUT2D eigenvalue weighted by molar-refractivity contribution is 5.99. The highest BCUT2D eigenvalue weighted by Gasteiger charge is 2.18. The van der Waals surface area contributed by atoms with Gasteiger partial charge in [-0.15, -0.1) is 0 Å². The molecule has 2 N–H and O–H groups in total. The van der Waals surface area contributed by atoms with Crippen LogP contribution in [0.4, 0.5) is 5.82 Å². The van der Waals surface area contributed by atoms with Crippen LogP contribution in [0.2, 0.25) is 0 Å². The summed E-state index contributed by atoms with van der Waals surface area (Å²) in [6, 6.07) is 1.90. The molecule has 2 aromatic heterocycles. The Kier molecular flexibility index (Phi) is 3.98. The van der Waals surface area contributed by atoms with Crippen molar-refractivity contribution in [1.82, 2.24) is 20.1 Å². The van der Waals surface area contributed by atoms with Gasteiger partial charge in [0.1, 0.15) is 11.4 Å². The minimum Gasteiger partial charge on any atom is -0.394 e. The van der Waals surface area contributed by atoms with Gasteiger partial charge in [-0.05, 0) is 18.9 Å². The molecule has 3 rings (SSSR count). The van der Waals surface area contributed by atoms with Crippen molar-refractivity contribution >= 4 is 17.4 Å². The van der Waals surface area contributed by atoms with Crippen LogP contribution < -0.4 is 10.4 Å². The Morgan fingerprint density at radius 3 is 3.00 bits per heavy atom. The SMILES string of the molecule is O=C(NOCCO)c1cnn2ccc(N3CCCC3)nc12. The lowest BCUT2D eigenvalue weighted by atomic mass is 10.3. The Hall–Kier alpha value is -2.19. The van der Waals surface area contributed by atoms with Gasteiger partial charge in [-0.25, -0.2) is 15.0 Å². The van der Waals surface area contributed by atoms with Gasteiger partial charge in [-0.3, -0.25) is 9.63 Å². The fourth-order valence-electron chi connectivity index (χ4n) is 2.36. The smallest absolute Gasteiger partial charge is 0.280 e. The number of amides is 1. The summed E-state index contributed by atoms with van der Waals surface area (Å²) in [5.41, 5.74) is 3.09. The van der Waals surface area contributed by atoms with E-state index in [0.717, 1.165) is 31.7 Å². The molecule has 1 aliphatic heterocycles. The van der Waals surface area contributed by atoms with E-state index in [1.54, 1.807) is 10.7 Å². The molecule has 1 amide bonds. The normalized spacial score (nSPS) is 14.8. The van der Waals surface area contributed by atoms with Crippen LogP contribution in [0.3, 0.4) is 0 Å². The summed E-state index contributed by atoms with van der Waals surface area (Å²) < 4.78 is 1.56. The molecule has 0 spiro atoms. The van der Waals surface area contributed by atoms with Crippen LogP contribution in [0, 0.1) is 0 Å².